The van der Waals surface area contributed by atoms with E-state index in [0.717, 1.165) is 41.8 Å². The molecule has 1 fully saturated rings. The van der Waals surface area contributed by atoms with Crippen LogP contribution in [0, 0.1) is 5.92 Å². The quantitative estimate of drug-likeness (QED) is 0.367. The lowest BCUT2D eigenvalue weighted by atomic mass is 9.88. The number of carbonyl (C=O) groups excluding carboxylic acids is 1. The number of hydrogen-bond donors (Lipinski definition) is 1. The fourth-order valence-corrected chi connectivity index (χ4v) is 6.07. The van der Waals surface area contributed by atoms with E-state index in [1.54, 1.807) is 24.3 Å². The van der Waals surface area contributed by atoms with Gasteiger partial charge in [-0.25, -0.2) is 0 Å². The number of amides is 1. The summed E-state index contributed by atoms with van der Waals surface area (Å²) in [4.78, 5) is 14.6. The number of benzene rings is 2. The third-order valence-corrected chi connectivity index (χ3v) is 8.43. The van der Waals surface area contributed by atoms with Gasteiger partial charge in [0.05, 0.1) is 22.5 Å². The molecule has 5 rings (SSSR count). The molecular formula is C29H28ClF6N3O2. The lowest BCUT2D eigenvalue weighted by molar-refractivity contribution is -0.338. The van der Waals surface area contributed by atoms with Crippen molar-refractivity contribution in [1.29, 1.82) is 0 Å². The van der Waals surface area contributed by atoms with E-state index in [4.69, 9.17) is 11.6 Å². The van der Waals surface area contributed by atoms with Crippen LogP contribution in [0.1, 0.15) is 55.7 Å². The Kier molecular flexibility index (Phi) is 7.88. The second-order valence-corrected chi connectivity index (χ2v) is 11.0. The van der Waals surface area contributed by atoms with E-state index >= 15 is 0 Å². The fraction of sp³-hybridized carbons (Fsp3) is 0.448. The van der Waals surface area contributed by atoms with E-state index in [1.165, 1.54) is 18.2 Å². The van der Waals surface area contributed by atoms with E-state index in [1.807, 2.05) is 17.0 Å². The minimum absolute atomic E-state index is 0.0627. The van der Waals surface area contributed by atoms with Crippen LogP contribution in [0.5, 0.6) is 0 Å². The highest BCUT2D eigenvalue weighted by molar-refractivity contribution is 6.33. The van der Waals surface area contributed by atoms with E-state index in [9.17, 15) is 36.2 Å². The second-order valence-electron chi connectivity index (χ2n) is 10.6. The monoisotopic (exact) mass is 599 g/mol. The summed E-state index contributed by atoms with van der Waals surface area (Å²) >= 11 is 6.28. The molecule has 3 aliphatic rings. The topological polar surface area (TPSA) is 56.1 Å². The molecule has 2 aromatic rings. The first-order chi connectivity index (χ1) is 19.3. The molecule has 2 aliphatic heterocycles. The van der Waals surface area contributed by atoms with Gasteiger partial charge in [0.2, 0.25) is 5.91 Å². The number of para-hydroxylation sites is 1. The Labute approximate surface area is 238 Å². The molecular weight excluding hydrogens is 572 g/mol. The van der Waals surface area contributed by atoms with Crippen LogP contribution in [0.15, 0.2) is 59.7 Å². The van der Waals surface area contributed by atoms with Crippen molar-refractivity contribution in [1.82, 2.24) is 4.90 Å². The number of aliphatic hydroxyl groups is 1. The van der Waals surface area contributed by atoms with Gasteiger partial charge in [0.1, 0.15) is 0 Å². The molecule has 0 radical (unpaired) electrons. The maximum Gasteiger partial charge on any atom is 0.431 e. The van der Waals surface area contributed by atoms with Crippen LogP contribution in [0.3, 0.4) is 0 Å². The van der Waals surface area contributed by atoms with Crippen LogP contribution in [-0.4, -0.2) is 52.7 Å². The summed E-state index contributed by atoms with van der Waals surface area (Å²) in [5, 5.41) is 14.9. The van der Waals surface area contributed by atoms with Crippen LogP contribution in [-0.2, 0) is 4.79 Å². The molecule has 41 heavy (non-hydrogen) atoms. The first kappa shape index (κ1) is 29.4. The van der Waals surface area contributed by atoms with Crippen molar-refractivity contribution < 1.29 is 36.2 Å². The molecule has 2 aromatic carbocycles. The molecule has 1 aliphatic carbocycles. The lowest BCUT2D eigenvalue weighted by Gasteiger charge is -2.32. The number of halogens is 7. The first-order valence-corrected chi connectivity index (χ1v) is 13.7. The summed E-state index contributed by atoms with van der Waals surface area (Å²) in [7, 11) is 0. The Balaban J connectivity index is 1.47. The third-order valence-electron chi connectivity index (χ3n) is 8.12. The molecule has 1 unspecified atom stereocenters. The number of anilines is 1. The minimum atomic E-state index is -6.05. The molecule has 2 heterocycles. The number of hydrogen-bond acceptors (Lipinski definition) is 4. The Hall–Kier alpha value is -3.05. The zero-order valence-electron chi connectivity index (χ0n) is 21.9. The molecule has 220 valence electrons. The van der Waals surface area contributed by atoms with Gasteiger partial charge in [-0.2, -0.15) is 31.4 Å². The van der Waals surface area contributed by atoms with Gasteiger partial charge in [-0.1, -0.05) is 60.9 Å². The average molecular weight is 600 g/mol. The highest BCUT2D eigenvalue weighted by Crippen LogP contribution is 2.49. The molecule has 0 saturated heterocycles. The van der Waals surface area contributed by atoms with Crippen LogP contribution in [0.2, 0.25) is 5.02 Å². The summed E-state index contributed by atoms with van der Waals surface area (Å²) in [5.74, 6) is 0.215. The molecule has 1 atom stereocenters. The first-order valence-electron chi connectivity index (χ1n) is 13.4. The Morgan fingerprint density at radius 3 is 2.27 bits per heavy atom. The lowest BCUT2D eigenvalue weighted by Crippen LogP contribution is -2.62. The molecule has 12 heteroatoms. The molecule has 0 bridgehead atoms. The Bertz CT molecular complexity index is 1350. The summed E-state index contributed by atoms with van der Waals surface area (Å²) in [5.41, 5.74) is -4.43. The van der Waals surface area contributed by atoms with Gasteiger partial charge in [-0.05, 0) is 54.2 Å². The predicted octanol–water partition coefficient (Wildman–Crippen LogP) is 7.31. The molecule has 1 N–H and O–H groups in total. The largest absolute Gasteiger partial charge is 0.431 e. The smallest absolute Gasteiger partial charge is 0.369 e. The highest BCUT2D eigenvalue weighted by Gasteiger charge is 2.74. The van der Waals surface area contributed by atoms with E-state index < -0.39 is 36.1 Å². The van der Waals surface area contributed by atoms with Gasteiger partial charge in [-0.3, -0.25) is 9.80 Å². The minimum Gasteiger partial charge on any atom is -0.369 e. The van der Waals surface area contributed by atoms with E-state index in [2.05, 4.69) is 5.10 Å². The van der Waals surface area contributed by atoms with Crippen molar-refractivity contribution in [2.24, 2.45) is 11.0 Å². The van der Waals surface area contributed by atoms with Crippen molar-refractivity contribution >= 4 is 34.5 Å². The van der Waals surface area contributed by atoms with Gasteiger partial charge >= 0.3 is 12.4 Å². The zero-order valence-corrected chi connectivity index (χ0v) is 22.6. The van der Waals surface area contributed by atoms with Crippen LogP contribution in [0.25, 0.3) is 5.57 Å². The predicted molar refractivity (Wildman–Crippen MR) is 143 cm³/mol. The molecule has 0 spiro atoms. The number of alkyl halides is 6. The molecule has 1 amide bonds. The maximum atomic E-state index is 13.8. The zero-order chi connectivity index (χ0) is 29.6. The van der Waals surface area contributed by atoms with Crippen molar-refractivity contribution in [2.45, 2.75) is 62.5 Å². The van der Waals surface area contributed by atoms with Gasteiger partial charge < -0.3 is 10.0 Å². The van der Waals surface area contributed by atoms with Crippen molar-refractivity contribution in [2.75, 3.05) is 18.1 Å². The summed E-state index contributed by atoms with van der Waals surface area (Å²) < 4.78 is 82.5. The Morgan fingerprint density at radius 1 is 0.976 bits per heavy atom. The molecule has 0 aromatic heterocycles. The standard InChI is InChI=1S/C29H28ClF6N3O2/c30-22-10-3-4-11-23(22)39-24(17-25(37-39)27(41,28(31,32)33)29(34,35)36)21-9-5-8-20(16-21)18-12-14-38(15-13-18)26(40)19-6-1-2-7-19/h3-5,8-12,16,19,24,41H,1-2,6-7,13-15,17H2. The number of carbonyl (C=O) groups is 1. The summed E-state index contributed by atoms with van der Waals surface area (Å²) in [6.45, 7) is 0.958. The molecule has 1 saturated carbocycles. The van der Waals surface area contributed by atoms with Gasteiger partial charge in [0, 0.05) is 25.4 Å². The van der Waals surface area contributed by atoms with Crippen molar-refractivity contribution in [3.05, 3.63) is 70.8 Å². The van der Waals surface area contributed by atoms with Gasteiger partial charge in [0.25, 0.3) is 5.60 Å². The molecule has 5 nitrogen and oxygen atoms in total. The number of hydrazone groups is 1. The van der Waals surface area contributed by atoms with Crippen LogP contribution < -0.4 is 5.01 Å². The normalized spacial score (nSPS) is 20.8. The number of nitrogens with zero attached hydrogens (tertiary/aromatic N) is 3. The number of rotatable bonds is 5. The van der Waals surface area contributed by atoms with Gasteiger partial charge in [0.15, 0.2) is 0 Å². The third kappa shape index (κ3) is 5.46. The van der Waals surface area contributed by atoms with E-state index in [0.29, 0.717) is 25.1 Å². The fourth-order valence-electron chi connectivity index (χ4n) is 5.84. The Morgan fingerprint density at radius 2 is 1.66 bits per heavy atom. The summed E-state index contributed by atoms with van der Waals surface area (Å²) in [6, 6.07) is 11.7. The van der Waals surface area contributed by atoms with Crippen LogP contribution >= 0.6 is 11.6 Å². The van der Waals surface area contributed by atoms with Crippen molar-refractivity contribution in [3.8, 4) is 0 Å². The maximum absolute atomic E-state index is 13.8. The second kappa shape index (κ2) is 11.0. The van der Waals surface area contributed by atoms with Crippen molar-refractivity contribution in [3.63, 3.8) is 0 Å². The highest BCUT2D eigenvalue weighted by atomic mass is 35.5. The summed E-state index contributed by atoms with van der Waals surface area (Å²) in [6.07, 6.45) is -6.54. The average Bonchev–Trinajstić information content (AvgIpc) is 3.63. The van der Waals surface area contributed by atoms with E-state index in [-0.39, 0.29) is 22.5 Å². The van der Waals surface area contributed by atoms with Crippen LogP contribution in [0.4, 0.5) is 32.0 Å². The van der Waals surface area contributed by atoms with Gasteiger partial charge in [-0.15, -0.1) is 0 Å². The SMILES string of the molecule is O=C(C1CCCC1)N1CC=C(c2cccc(C3CC(C(O)(C(F)(F)F)C(F)(F)F)=NN3c3ccccc3Cl)c2)CC1.